The molecule has 0 saturated heterocycles. The van der Waals surface area contributed by atoms with Crippen molar-refractivity contribution < 1.29 is 14.8 Å². The summed E-state index contributed by atoms with van der Waals surface area (Å²) in [5, 5.41) is 19.2. The minimum atomic E-state index is -0.581. The van der Waals surface area contributed by atoms with Gasteiger partial charge in [0.25, 0.3) is 0 Å². The summed E-state index contributed by atoms with van der Waals surface area (Å²) in [4.78, 5) is 21.0. The maximum absolute atomic E-state index is 11.1. The SMILES string of the molecule is CC(=O)c1ccc([N+](=O)[O-])n1CCO. The van der Waals surface area contributed by atoms with Crippen LogP contribution in [0.15, 0.2) is 12.1 Å². The third-order valence-corrected chi connectivity index (χ3v) is 1.83. The fraction of sp³-hybridized carbons (Fsp3) is 0.375. The number of carbonyl (C=O) groups is 1. The van der Waals surface area contributed by atoms with E-state index in [9.17, 15) is 14.9 Å². The van der Waals surface area contributed by atoms with Gasteiger partial charge in [-0.15, -0.1) is 0 Å². The van der Waals surface area contributed by atoms with Crippen molar-refractivity contribution in [3.8, 4) is 0 Å². The Labute approximate surface area is 79.9 Å². The fourth-order valence-electron chi connectivity index (χ4n) is 1.26. The van der Waals surface area contributed by atoms with Gasteiger partial charge in [0.1, 0.15) is 6.54 Å². The van der Waals surface area contributed by atoms with Crippen molar-refractivity contribution in [2.24, 2.45) is 0 Å². The molecule has 1 heterocycles. The van der Waals surface area contributed by atoms with Crippen molar-refractivity contribution in [1.82, 2.24) is 4.57 Å². The van der Waals surface area contributed by atoms with Crippen LogP contribution in [0, 0.1) is 10.1 Å². The number of nitrogens with zero attached hydrogens (tertiary/aromatic N) is 2. The van der Waals surface area contributed by atoms with E-state index in [1.54, 1.807) is 0 Å². The number of aromatic nitrogens is 1. The first kappa shape index (κ1) is 10.4. The molecule has 0 bridgehead atoms. The zero-order valence-electron chi connectivity index (χ0n) is 7.64. The highest BCUT2D eigenvalue weighted by molar-refractivity contribution is 5.93. The zero-order chi connectivity index (χ0) is 10.7. The van der Waals surface area contributed by atoms with Gasteiger partial charge in [0.05, 0.1) is 6.61 Å². The second kappa shape index (κ2) is 4.01. The number of aliphatic hydroxyl groups excluding tert-OH is 1. The minimum Gasteiger partial charge on any atom is -0.392 e. The summed E-state index contributed by atoms with van der Waals surface area (Å²) in [6, 6.07) is 2.64. The van der Waals surface area contributed by atoms with Crippen molar-refractivity contribution in [3.63, 3.8) is 0 Å². The largest absolute Gasteiger partial charge is 0.392 e. The Balaban J connectivity index is 3.19. The first-order valence-corrected chi connectivity index (χ1v) is 4.03. The molecule has 0 spiro atoms. The highest BCUT2D eigenvalue weighted by atomic mass is 16.6. The van der Waals surface area contributed by atoms with Crippen LogP contribution in [-0.2, 0) is 6.54 Å². The molecule has 6 heteroatoms. The molecule has 1 N–H and O–H groups in total. The van der Waals surface area contributed by atoms with Crippen LogP contribution in [0.4, 0.5) is 5.82 Å². The summed E-state index contributed by atoms with van der Waals surface area (Å²) in [6.07, 6.45) is 0. The average Bonchev–Trinajstić information content (AvgIpc) is 2.48. The predicted molar refractivity (Wildman–Crippen MR) is 48.2 cm³/mol. The molecule has 0 aliphatic heterocycles. The molecule has 1 aromatic rings. The Kier molecular flexibility index (Phi) is 2.98. The normalized spacial score (nSPS) is 10.1. The maximum Gasteiger partial charge on any atom is 0.323 e. The molecule has 0 unspecified atom stereocenters. The number of rotatable bonds is 4. The number of ketones is 1. The summed E-state index contributed by atoms with van der Waals surface area (Å²) in [5.41, 5.74) is 0.241. The Bertz CT molecular complexity index is 338. The molecule has 0 radical (unpaired) electrons. The topological polar surface area (TPSA) is 85.4 Å². The molecule has 1 aromatic heterocycles. The second-order valence-electron chi connectivity index (χ2n) is 2.77. The smallest absolute Gasteiger partial charge is 0.323 e. The first-order valence-electron chi connectivity index (χ1n) is 4.03. The van der Waals surface area contributed by atoms with Gasteiger partial charge in [0, 0.05) is 13.0 Å². The zero-order valence-corrected chi connectivity index (χ0v) is 7.64. The minimum absolute atomic E-state index is 0.0538. The van der Waals surface area contributed by atoms with Gasteiger partial charge in [-0.25, -0.2) is 4.57 Å². The molecule has 0 fully saturated rings. The van der Waals surface area contributed by atoms with Crippen LogP contribution < -0.4 is 0 Å². The maximum atomic E-state index is 11.1. The second-order valence-corrected chi connectivity index (χ2v) is 2.77. The Morgan fingerprint density at radius 3 is 2.71 bits per heavy atom. The summed E-state index contributed by atoms with van der Waals surface area (Å²) in [5.74, 6) is -0.434. The Morgan fingerprint density at radius 2 is 2.29 bits per heavy atom. The van der Waals surface area contributed by atoms with Crippen molar-refractivity contribution in [1.29, 1.82) is 0 Å². The molecule has 0 saturated carbocycles. The van der Waals surface area contributed by atoms with E-state index in [-0.39, 0.29) is 30.4 Å². The molecule has 76 valence electrons. The van der Waals surface area contributed by atoms with E-state index < -0.39 is 4.92 Å². The van der Waals surface area contributed by atoms with Crippen molar-refractivity contribution in [2.45, 2.75) is 13.5 Å². The highest BCUT2D eigenvalue weighted by Crippen LogP contribution is 2.17. The molecule has 0 atom stereocenters. The van der Waals surface area contributed by atoms with E-state index in [2.05, 4.69) is 0 Å². The van der Waals surface area contributed by atoms with Crippen molar-refractivity contribution in [3.05, 3.63) is 27.9 Å². The monoisotopic (exact) mass is 198 g/mol. The van der Waals surface area contributed by atoms with Gasteiger partial charge in [0.2, 0.25) is 0 Å². The van der Waals surface area contributed by atoms with E-state index in [1.807, 2.05) is 0 Å². The lowest BCUT2D eigenvalue weighted by atomic mass is 10.3. The molecule has 0 aliphatic carbocycles. The number of hydrogen-bond acceptors (Lipinski definition) is 4. The van der Waals surface area contributed by atoms with Gasteiger partial charge in [0.15, 0.2) is 11.5 Å². The Morgan fingerprint density at radius 1 is 1.64 bits per heavy atom. The quantitative estimate of drug-likeness (QED) is 0.436. The lowest BCUT2D eigenvalue weighted by Crippen LogP contribution is -2.11. The fourth-order valence-corrected chi connectivity index (χ4v) is 1.26. The summed E-state index contributed by atoms with van der Waals surface area (Å²) in [6.45, 7) is 1.14. The standard InChI is InChI=1S/C8H10N2O4/c1-6(12)7-2-3-8(10(13)14)9(7)4-5-11/h2-3,11H,4-5H2,1H3. The number of aliphatic hydroxyl groups is 1. The summed E-state index contributed by atoms with van der Waals surface area (Å²) >= 11 is 0. The van der Waals surface area contributed by atoms with Crippen LogP contribution in [0.2, 0.25) is 0 Å². The molecule has 0 amide bonds. The van der Waals surface area contributed by atoms with Crippen LogP contribution >= 0.6 is 0 Å². The molecule has 0 aliphatic rings. The van der Waals surface area contributed by atoms with Gasteiger partial charge < -0.3 is 15.2 Å². The molecule has 0 aromatic carbocycles. The van der Waals surface area contributed by atoms with E-state index in [4.69, 9.17) is 5.11 Å². The van der Waals surface area contributed by atoms with E-state index in [0.29, 0.717) is 0 Å². The molecule has 1 rings (SSSR count). The third-order valence-electron chi connectivity index (χ3n) is 1.83. The van der Waals surface area contributed by atoms with Gasteiger partial charge in [-0.05, 0) is 11.0 Å². The van der Waals surface area contributed by atoms with E-state index in [1.165, 1.54) is 23.6 Å². The number of Topliss-reactive ketones (excluding diaryl/α,β-unsaturated/α-hetero) is 1. The number of nitro groups is 1. The molecule has 6 nitrogen and oxygen atoms in total. The van der Waals surface area contributed by atoms with Crippen LogP contribution in [0.5, 0.6) is 0 Å². The number of carbonyl (C=O) groups excluding carboxylic acids is 1. The lowest BCUT2D eigenvalue weighted by Gasteiger charge is -2.01. The Hall–Kier alpha value is -1.69. The summed E-state index contributed by atoms with van der Waals surface area (Å²) < 4.78 is 1.20. The van der Waals surface area contributed by atoms with Crippen LogP contribution in [0.1, 0.15) is 17.4 Å². The highest BCUT2D eigenvalue weighted by Gasteiger charge is 2.20. The van der Waals surface area contributed by atoms with Crippen LogP contribution in [0.3, 0.4) is 0 Å². The summed E-state index contributed by atoms with van der Waals surface area (Å²) in [7, 11) is 0. The van der Waals surface area contributed by atoms with Crippen LogP contribution in [0.25, 0.3) is 0 Å². The van der Waals surface area contributed by atoms with Crippen molar-refractivity contribution >= 4 is 11.6 Å². The molecule has 14 heavy (non-hydrogen) atoms. The van der Waals surface area contributed by atoms with Gasteiger partial charge in [-0.1, -0.05) is 0 Å². The van der Waals surface area contributed by atoms with E-state index in [0.717, 1.165) is 0 Å². The third kappa shape index (κ3) is 1.80. The first-order chi connectivity index (χ1) is 6.57. The number of hydrogen-bond donors (Lipinski definition) is 1. The average molecular weight is 198 g/mol. The lowest BCUT2D eigenvalue weighted by molar-refractivity contribution is -0.392. The van der Waals surface area contributed by atoms with Gasteiger partial charge in [-0.2, -0.15) is 0 Å². The van der Waals surface area contributed by atoms with Crippen LogP contribution in [-0.4, -0.2) is 27.0 Å². The van der Waals surface area contributed by atoms with Gasteiger partial charge >= 0.3 is 5.82 Å². The van der Waals surface area contributed by atoms with Gasteiger partial charge in [-0.3, -0.25) is 4.79 Å². The van der Waals surface area contributed by atoms with Crippen molar-refractivity contribution in [2.75, 3.05) is 6.61 Å². The molecular formula is C8H10N2O4. The predicted octanol–water partition coefficient (Wildman–Crippen LogP) is 0.591. The molecular weight excluding hydrogens is 188 g/mol. The van der Waals surface area contributed by atoms with E-state index >= 15 is 0 Å².